The highest BCUT2D eigenvalue weighted by molar-refractivity contribution is 14.0. The van der Waals surface area contributed by atoms with Gasteiger partial charge in [-0.05, 0) is 24.3 Å². The fourth-order valence-electron chi connectivity index (χ4n) is 2.53. The Morgan fingerprint density at radius 2 is 2.04 bits per heavy atom. The fourth-order valence-corrected chi connectivity index (χ4v) is 2.53. The van der Waals surface area contributed by atoms with E-state index in [1.807, 2.05) is 30.3 Å². The molecule has 2 N–H and O–H groups in total. The quantitative estimate of drug-likeness (QED) is 0.398. The van der Waals surface area contributed by atoms with E-state index < -0.39 is 5.82 Å². The lowest BCUT2D eigenvalue weighted by molar-refractivity contribution is 0.0936. The molecule has 0 saturated carbocycles. The smallest absolute Gasteiger partial charge is 0.191 e. The first kappa shape index (κ1) is 20.8. The van der Waals surface area contributed by atoms with Crippen LogP contribution in [0.5, 0.6) is 11.5 Å². The van der Waals surface area contributed by atoms with Gasteiger partial charge in [0, 0.05) is 19.2 Å². The fraction of sp³-hybridized carbons (Fsp3) is 0.263. The number of rotatable bonds is 4. The molecule has 6 nitrogen and oxygen atoms in total. The van der Waals surface area contributed by atoms with E-state index in [1.165, 1.54) is 6.07 Å². The van der Waals surface area contributed by atoms with Gasteiger partial charge in [0.1, 0.15) is 18.5 Å². The summed E-state index contributed by atoms with van der Waals surface area (Å²) in [5.41, 5.74) is 0.751. The van der Waals surface area contributed by atoms with Crippen molar-refractivity contribution in [3.63, 3.8) is 0 Å². The summed E-state index contributed by atoms with van der Waals surface area (Å²) in [6.07, 6.45) is -0.157. The normalized spacial score (nSPS) is 15.3. The van der Waals surface area contributed by atoms with Crippen molar-refractivity contribution in [2.75, 3.05) is 20.2 Å². The summed E-state index contributed by atoms with van der Waals surface area (Å²) in [6.45, 7) is 1.18. The molecular formula is C19H20FIN4O2. The molecule has 142 valence electrons. The van der Waals surface area contributed by atoms with Gasteiger partial charge in [-0.15, -0.1) is 24.0 Å². The van der Waals surface area contributed by atoms with Crippen LogP contribution in [-0.2, 0) is 6.54 Å². The van der Waals surface area contributed by atoms with Gasteiger partial charge >= 0.3 is 0 Å². The average Bonchev–Trinajstić information content (AvgIpc) is 2.68. The Bertz CT molecular complexity index is 854. The topological polar surface area (TPSA) is 78.7 Å². The maximum Gasteiger partial charge on any atom is 0.191 e. The van der Waals surface area contributed by atoms with Gasteiger partial charge in [-0.3, -0.25) is 4.99 Å². The van der Waals surface area contributed by atoms with Gasteiger partial charge in [0.15, 0.2) is 17.5 Å². The van der Waals surface area contributed by atoms with Gasteiger partial charge < -0.3 is 20.1 Å². The lowest BCUT2D eigenvalue weighted by Crippen LogP contribution is -2.45. The second-order valence-electron chi connectivity index (χ2n) is 5.72. The molecule has 2 aromatic carbocycles. The summed E-state index contributed by atoms with van der Waals surface area (Å²) in [7, 11) is 1.64. The van der Waals surface area contributed by atoms with Gasteiger partial charge in [0.2, 0.25) is 0 Å². The van der Waals surface area contributed by atoms with Crippen LogP contribution in [0.4, 0.5) is 4.39 Å². The number of hydrogen-bond acceptors (Lipinski definition) is 4. The molecule has 1 aliphatic heterocycles. The van der Waals surface area contributed by atoms with E-state index in [1.54, 1.807) is 19.2 Å². The average molecular weight is 482 g/mol. The third-order valence-corrected chi connectivity index (χ3v) is 3.92. The molecule has 0 aliphatic carbocycles. The van der Waals surface area contributed by atoms with Crippen molar-refractivity contribution in [3.05, 3.63) is 59.4 Å². The Balaban J connectivity index is 0.00000261. The Labute approximate surface area is 174 Å². The van der Waals surface area contributed by atoms with E-state index in [-0.39, 0.29) is 36.6 Å². The lowest BCUT2D eigenvalue weighted by Gasteiger charge is -2.27. The number of para-hydroxylation sites is 2. The minimum atomic E-state index is -0.423. The number of nitriles is 1. The molecule has 3 rings (SSSR count). The van der Waals surface area contributed by atoms with Crippen LogP contribution in [-0.4, -0.2) is 32.3 Å². The number of nitrogens with one attached hydrogen (secondary N) is 2. The van der Waals surface area contributed by atoms with Gasteiger partial charge in [0.05, 0.1) is 18.2 Å². The maximum atomic E-state index is 13.9. The minimum Gasteiger partial charge on any atom is -0.486 e. The van der Waals surface area contributed by atoms with Crippen molar-refractivity contribution in [1.29, 1.82) is 5.26 Å². The van der Waals surface area contributed by atoms with Gasteiger partial charge in [-0.2, -0.15) is 5.26 Å². The lowest BCUT2D eigenvalue weighted by atomic mass is 10.1. The van der Waals surface area contributed by atoms with Crippen LogP contribution in [0.25, 0.3) is 0 Å². The highest BCUT2D eigenvalue weighted by Gasteiger charge is 2.20. The summed E-state index contributed by atoms with van der Waals surface area (Å²) >= 11 is 0. The highest BCUT2D eigenvalue weighted by atomic mass is 127. The second kappa shape index (κ2) is 9.97. The predicted molar refractivity (Wildman–Crippen MR) is 111 cm³/mol. The molecular weight excluding hydrogens is 462 g/mol. The Morgan fingerprint density at radius 1 is 1.26 bits per heavy atom. The summed E-state index contributed by atoms with van der Waals surface area (Å²) in [6, 6.07) is 13.8. The van der Waals surface area contributed by atoms with Crippen LogP contribution >= 0.6 is 24.0 Å². The van der Waals surface area contributed by atoms with Crippen molar-refractivity contribution in [2.24, 2.45) is 4.99 Å². The number of ether oxygens (including phenoxy) is 2. The van der Waals surface area contributed by atoms with E-state index in [0.29, 0.717) is 36.0 Å². The third-order valence-electron chi connectivity index (χ3n) is 3.92. The Morgan fingerprint density at radius 3 is 2.74 bits per heavy atom. The molecule has 0 aromatic heterocycles. The van der Waals surface area contributed by atoms with Crippen LogP contribution in [0, 0.1) is 17.1 Å². The van der Waals surface area contributed by atoms with E-state index in [0.717, 1.165) is 5.75 Å². The van der Waals surface area contributed by atoms with E-state index in [4.69, 9.17) is 14.7 Å². The molecule has 1 heterocycles. The number of guanidine groups is 1. The summed E-state index contributed by atoms with van der Waals surface area (Å²) in [5.74, 6) is 1.56. The maximum absolute atomic E-state index is 13.9. The van der Waals surface area contributed by atoms with Crippen LogP contribution in [0.2, 0.25) is 0 Å². The molecule has 2 aromatic rings. The molecule has 0 spiro atoms. The van der Waals surface area contributed by atoms with Crippen molar-refractivity contribution in [1.82, 2.24) is 10.6 Å². The number of aliphatic imine (C=N–C) groups is 1. The number of nitrogens with zero attached hydrogens (tertiary/aromatic N) is 2. The van der Waals surface area contributed by atoms with Crippen molar-refractivity contribution in [2.45, 2.75) is 12.6 Å². The first-order chi connectivity index (χ1) is 12.7. The largest absolute Gasteiger partial charge is 0.486 e. The Kier molecular flexibility index (Phi) is 7.67. The van der Waals surface area contributed by atoms with Crippen LogP contribution in [0.1, 0.15) is 11.1 Å². The molecule has 1 unspecified atom stereocenters. The zero-order valence-electron chi connectivity index (χ0n) is 14.7. The predicted octanol–water partition coefficient (Wildman–Crippen LogP) is 2.82. The van der Waals surface area contributed by atoms with Crippen molar-refractivity contribution >= 4 is 29.9 Å². The number of halogens is 2. The zero-order valence-corrected chi connectivity index (χ0v) is 17.1. The SMILES string of the molecule is CN=C(NCc1ccc(C#N)cc1F)NCC1COc2ccccc2O1.I. The molecule has 0 amide bonds. The van der Waals surface area contributed by atoms with Crippen LogP contribution < -0.4 is 20.1 Å². The van der Waals surface area contributed by atoms with E-state index in [9.17, 15) is 4.39 Å². The van der Waals surface area contributed by atoms with Gasteiger partial charge in [0.25, 0.3) is 0 Å². The first-order valence-corrected chi connectivity index (χ1v) is 8.21. The van der Waals surface area contributed by atoms with Crippen molar-refractivity contribution < 1.29 is 13.9 Å². The molecule has 0 fully saturated rings. The van der Waals surface area contributed by atoms with Crippen molar-refractivity contribution in [3.8, 4) is 17.6 Å². The monoisotopic (exact) mass is 482 g/mol. The summed E-state index contributed by atoms with van der Waals surface area (Å²) in [4.78, 5) is 4.12. The standard InChI is InChI=1S/C19H19FN4O2.HI/c1-22-19(23-10-14-7-6-13(9-21)8-16(14)20)24-11-15-12-25-17-4-2-3-5-18(17)26-15;/h2-8,15H,10-12H2,1H3,(H2,22,23,24);1H. The molecule has 8 heteroatoms. The third kappa shape index (κ3) is 5.47. The molecule has 1 aliphatic rings. The molecule has 0 saturated heterocycles. The Hall–Kier alpha value is -2.54. The molecule has 0 bridgehead atoms. The second-order valence-corrected chi connectivity index (χ2v) is 5.72. The zero-order chi connectivity index (χ0) is 18.4. The highest BCUT2D eigenvalue weighted by Crippen LogP contribution is 2.30. The number of fused-ring (bicyclic) bond motifs is 1. The molecule has 0 radical (unpaired) electrons. The number of hydrogen-bond donors (Lipinski definition) is 2. The molecule has 1 atom stereocenters. The van der Waals surface area contributed by atoms with Crippen LogP contribution in [0.3, 0.4) is 0 Å². The van der Waals surface area contributed by atoms with Gasteiger partial charge in [-0.1, -0.05) is 18.2 Å². The van der Waals surface area contributed by atoms with E-state index in [2.05, 4.69) is 15.6 Å². The summed E-state index contributed by atoms with van der Waals surface area (Å²) < 4.78 is 25.5. The first-order valence-electron chi connectivity index (χ1n) is 8.21. The van der Waals surface area contributed by atoms with Crippen LogP contribution in [0.15, 0.2) is 47.5 Å². The minimum absolute atomic E-state index is 0. The molecule has 27 heavy (non-hydrogen) atoms. The summed E-state index contributed by atoms with van der Waals surface area (Å²) in [5, 5.41) is 15.0. The number of benzene rings is 2. The van der Waals surface area contributed by atoms with E-state index >= 15 is 0 Å². The van der Waals surface area contributed by atoms with Gasteiger partial charge in [-0.25, -0.2) is 4.39 Å².